The number of hydrogen-bond donors (Lipinski definition) is 0. The van der Waals surface area contributed by atoms with Crippen molar-refractivity contribution in [1.29, 1.82) is 0 Å². The summed E-state index contributed by atoms with van der Waals surface area (Å²) in [5.41, 5.74) is 1.43. The van der Waals surface area contributed by atoms with Crippen LogP contribution in [0.25, 0.3) is 0 Å². The van der Waals surface area contributed by atoms with Crippen molar-refractivity contribution in [2.75, 3.05) is 27.2 Å². The van der Waals surface area contributed by atoms with Gasteiger partial charge in [0.2, 0.25) is 0 Å². The highest BCUT2D eigenvalue weighted by atomic mass is 16.6. The lowest BCUT2D eigenvalue weighted by molar-refractivity contribution is 0.0333. The zero-order chi connectivity index (χ0) is 14.8. The molecule has 19 heavy (non-hydrogen) atoms. The Morgan fingerprint density at radius 1 is 1.53 bits per heavy atom. The van der Waals surface area contributed by atoms with Crippen molar-refractivity contribution in [3.63, 3.8) is 0 Å². The molecule has 1 rings (SSSR count). The van der Waals surface area contributed by atoms with Crippen molar-refractivity contribution >= 4 is 6.09 Å². The highest BCUT2D eigenvalue weighted by molar-refractivity contribution is 5.73. The molecule has 1 heterocycles. The molecule has 1 aliphatic rings. The van der Waals surface area contributed by atoms with E-state index in [-0.39, 0.29) is 6.09 Å². The van der Waals surface area contributed by atoms with Gasteiger partial charge in [0.1, 0.15) is 5.60 Å². The van der Waals surface area contributed by atoms with Crippen LogP contribution >= 0.6 is 0 Å². The van der Waals surface area contributed by atoms with E-state index in [0.717, 1.165) is 17.8 Å². The van der Waals surface area contributed by atoms with Crippen molar-refractivity contribution < 1.29 is 9.53 Å². The zero-order valence-electron chi connectivity index (χ0n) is 13.0. The van der Waals surface area contributed by atoms with Gasteiger partial charge < -0.3 is 9.64 Å². The summed E-state index contributed by atoms with van der Waals surface area (Å²) in [7, 11) is 4.04. The topological polar surface area (TPSA) is 32.8 Å². The third kappa shape index (κ3) is 4.39. The number of hydrogen-bond acceptors (Lipinski definition) is 3. The Kier molecular flexibility index (Phi) is 4.80. The number of carbonyl (C=O) groups is 1. The summed E-state index contributed by atoms with van der Waals surface area (Å²) in [6.07, 6.45) is 1.83. The van der Waals surface area contributed by atoms with Gasteiger partial charge in [-0.05, 0) is 40.4 Å². The fraction of sp³-hybridized carbons (Fsp3) is 0.667. The van der Waals surface area contributed by atoms with Gasteiger partial charge in [0.25, 0.3) is 0 Å². The van der Waals surface area contributed by atoms with Gasteiger partial charge in [-0.1, -0.05) is 19.6 Å². The molecule has 0 spiro atoms. The van der Waals surface area contributed by atoms with Gasteiger partial charge in [-0.15, -0.1) is 0 Å². The lowest BCUT2D eigenvalue weighted by Gasteiger charge is -2.24. The third-order valence-corrected chi connectivity index (χ3v) is 2.94. The van der Waals surface area contributed by atoms with Gasteiger partial charge in [0, 0.05) is 24.7 Å². The van der Waals surface area contributed by atoms with E-state index in [9.17, 15) is 4.79 Å². The van der Waals surface area contributed by atoms with Gasteiger partial charge in [0.15, 0.2) is 0 Å². The molecule has 1 saturated heterocycles. The second-order valence-electron chi connectivity index (χ2n) is 6.36. The van der Waals surface area contributed by atoms with E-state index in [1.165, 1.54) is 0 Å². The van der Waals surface area contributed by atoms with Crippen LogP contribution in [0.2, 0.25) is 0 Å². The number of likely N-dealkylation sites (tertiary alicyclic amines) is 1. The van der Waals surface area contributed by atoms with E-state index in [1.807, 2.05) is 34.9 Å². The largest absolute Gasteiger partial charge is 0.443 e. The first-order chi connectivity index (χ1) is 8.61. The molecule has 0 aliphatic carbocycles. The normalized spacial score (nSPS) is 22.5. The quantitative estimate of drug-likeness (QED) is 0.770. The molecule has 0 aromatic carbocycles. The monoisotopic (exact) mass is 266 g/mol. The minimum atomic E-state index is -0.475. The summed E-state index contributed by atoms with van der Waals surface area (Å²) in [6.45, 7) is 13.2. The van der Waals surface area contributed by atoms with Crippen LogP contribution in [-0.4, -0.2) is 48.7 Å². The predicted octanol–water partition coefficient (Wildman–Crippen LogP) is 2.87. The second-order valence-corrected chi connectivity index (χ2v) is 6.36. The molecule has 4 nitrogen and oxygen atoms in total. The highest BCUT2D eigenvalue weighted by Gasteiger charge is 2.33. The summed E-state index contributed by atoms with van der Waals surface area (Å²) in [5.74, 6) is 0.306. The predicted molar refractivity (Wildman–Crippen MR) is 77.9 cm³/mol. The van der Waals surface area contributed by atoms with Crippen LogP contribution in [0.1, 0.15) is 27.7 Å². The van der Waals surface area contributed by atoms with Crippen LogP contribution in [-0.2, 0) is 4.74 Å². The molecule has 1 atom stereocenters. The molecule has 0 aromatic rings. The summed E-state index contributed by atoms with van der Waals surface area (Å²) in [5, 5.41) is 0. The smallest absolute Gasteiger partial charge is 0.414 e. The summed E-state index contributed by atoms with van der Waals surface area (Å²) in [6, 6.07) is 0. The molecule has 1 unspecified atom stereocenters. The molecule has 1 fully saturated rings. The van der Waals surface area contributed by atoms with Crippen molar-refractivity contribution in [3.8, 4) is 0 Å². The number of rotatable bonds is 2. The fourth-order valence-electron chi connectivity index (χ4n) is 2.02. The Labute approximate surface area is 116 Å². The maximum absolute atomic E-state index is 12.1. The number of amides is 1. The van der Waals surface area contributed by atoms with E-state index in [1.54, 1.807) is 4.90 Å². The van der Waals surface area contributed by atoms with E-state index in [0.29, 0.717) is 12.5 Å². The summed E-state index contributed by atoms with van der Waals surface area (Å²) < 4.78 is 5.40. The Hall–Kier alpha value is -1.29. The third-order valence-electron chi connectivity index (χ3n) is 2.94. The summed E-state index contributed by atoms with van der Waals surface area (Å²) >= 11 is 0. The molecule has 0 saturated carbocycles. The van der Waals surface area contributed by atoms with E-state index < -0.39 is 5.60 Å². The van der Waals surface area contributed by atoms with Crippen LogP contribution in [0, 0.1) is 5.92 Å². The van der Waals surface area contributed by atoms with Crippen LogP contribution in [0.15, 0.2) is 23.9 Å². The molecule has 4 heteroatoms. The molecule has 0 radical (unpaired) electrons. The molecule has 108 valence electrons. The van der Waals surface area contributed by atoms with Crippen LogP contribution < -0.4 is 0 Å². The minimum absolute atomic E-state index is 0.306. The number of carbonyl (C=O) groups excluding carboxylic acids is 1. The van der Waals surface area contributed by atoms with Crippen LogP contribution in [0.3, 0.4) is 0 Å². The molecule has 0 bridgehead atoms. The number of likely N-dealkylation sites (N-methyl/N-ethyl adjacent to an activating group) is 1. The molecular weight excluding hydrogens is 240 g/mol. The molecule has 1 amide bonds. The minimum Gasteiger partial charge on any atom is -0.443 e. The van der Waals surface area contributed by atoms with Gasteiger partial charge in [-0.25, -0.2) is 4.79 Å². The molecule has 0 aromatic heterocycles. The van der Waals surface area contributed by atoms with Crippen LogP contribution in [0.4, 0.5) is 4.79 Å². The fourth-order valence-corrected chi connectivity index (χ4v) is 2.02. The highest BCUT2D eigenvalue weighted by Crippen LogP contribution is 2.32. The van der Waals surface area contributed by atoms with E-state index in [4.69, 9.17) is 4.74 Å². The van der Waals surface area contributed by atoms with Crippen molar-refractivity contribution in [2.24, 2.45) is 5.92 Å². The van der Waals surface area contributed by atoms with Crippen molar-refractivity contribution in [1.82, 2.24) is 9.80 Å². The first-order valence-corrected chi connectivity index (χ1v) is 6.66. The van der Waals surface area contributed by atoms with Gasteiger partial charge in [-0.2, -0.15) is 0 Å². The first kappa shape index (κ1) is 15.8. The van der Waals surface area contributed by atoms with Crippen molar-refractivity contribution in [3.05, 3.63) is 23.9 Å². The van der Waals surface area contributed by atoms with Gasteiger partial charge in [0.05, 0.1) is 0 Å². The van der Waals surface area contributed by atoms with Gasteiger partial charge in [-0.3, -0.25) is 4.90 Å². The standard InChI is InChI=1S/C15H26N2O2/c1-11-10-17(14(18)19-15(3,4)5)12(2)13(11)8-9-16(6)7/h8,11H,2,9-10H2,1,3-7H3/b13-8+. The average Bonchev–Trinajstić information content (AvgIpc) is 2.49. The van der Waals surface area contributed by atoms with Gasteiger partial charge >= 0.3 is 6.09 Å². The average molecular weight is 266 g/mol. The number of nitrogens with zero attached hydrogens (tertiary/aromatic N) is 2. The van der Waals surface area contributed by atoms with Crippen molar-refractivity contribution in [2.45, 2.75) is 33.3 Å². The Morgan fingerprint density at radius 2 is 2.11 bits per heavy atom. The van der Waals surface area contributed by atoms with Crippen LogP contribution in [0.5, 0.6) is 0 Å². The molecule has 1 aliphatic heterocycles. The molecular formula is C15H26N2O2. The van der Waals surface area contributed by atoms with E-state index in [2.05, 4.69) is 24.5 Å². The first-order valence-electron chi connectivity index (χ1n) is 6.66. The zero-order valence-corrected chi connectivity index (χ0v) is 13.0. The number of allylic oxidation sites excluding steroid dienone is 1. The van der Waals surface area contributed by atoms with E-state index >= 15 is 0 Å². The molecule has 0 N–H and O–H groups in total. The SMILES string of the molecule is C=C1/C(=C/CN(C)C)C(C)CN1C(=O)OC(C)(C)C. The Balaban J connectivity index is 2.78. The number of ether oxygens (including phenoxy) is 1. The Bertz CT molecular complexity index is 391. The second kappa shape index (κ2) is 5.78. The maximum Gasteiger partial charge on any atom is 0.414 e. The summed E-state index contributed by atoms with van der Waals surface area (Å²) in [4.78, 5) is 15.8. The lowest BCUT2D eigenvalue weighted by Crippen LogP contribution is -2.34. The maximum atomic E-state index is 12.1. The Morgan fingerprint density at radius 3 is 2.58 bits per heavy atom. The lowest BCUT2D eigenvalue weighted by atomic mass is 10.0.